The van der Waals surface area contributed by atoms with Gasteiger partial charge in [-0.25, -0.2) is 9.89 Å². The SMILES string of the molecule is CCCn1nccc1C(=O)N1CCC(c2n[nH]c(=O)n2CC)CC1. The summed E-state index contributed by atoms with van der Waals surface area (Å²) in [5.41, 5.74) is 0.495. The van der Waals surface area contributed by atoms with Gasteiger partial charge in [-0.2, -0.15) is 10.2 Å². The molecular weight excluding hydrogens is 308 g/mol. The summed E-state index contributed by atoms with van der Waals surface area (Å²) in [5.74, 6) is 1.06. The summed E-state index contributed by atoms with van der Waals surface area (Å²) in [4.78, 5) is 26.3. The number of aryl methyl sites for hydroxylation is 1. The van der Waals surface area contributed by atoms with Crippen molar-refractivity contribution < 1.29 is 4.79 Å². The number of likely N-dealkylation sites (tertiary alicyclic amines) is 1. The average Bonchev–Trinajstić information content (AvgIpc) is 3.21. The number of carbonyl (C=O) groups is 1. The number of nitrogens with zero attached hydrogens (tertiary/aromatic N) is 5. The second kappa shape index (κ2) is 7.02. The minimum atomic E-state index is -0.158. The third-order valence-corrected chi connectivity index (χ3v) is 4.62. The Hall–Kier alpha value is -2.38. The predicted octanol–water partition coefficient (Wildman–Crippen LogP) is 1.22. The molecule has 130 valence electrons. The van der Waals surface area contributed by atoms with Crippen LogP contribution in [0.4, 0.5) is 0 Å². The first kappa shape index (κ1) is 16.5. The van der Waals surface area contributed by atoms with Crippen LogP contribution in [0.5, 0.6) is 0 Å². The molecule has 0 bridgehead atoms. The van der Waals surface area contributed by atoms with Crippen LogP contribution in [0.1, 0.15) is 55.3 Å². The minimum absolute atomic E-state index is 0.0364. The van der Waals surface area contributed by atoms with Crippen molar-refractivity contribution in [2.24, 2.45) is 0 Å². The number of amides is 1. The number of piperidine rings is 1. The topological polar surface area (TPSA) is 88.8 Å². The van der Waals surface area contributed by atoms with Gasteiger partial charge in [-0.3, -0.25) is 14.0 Å². The molecule has 0 saturated carbocycles. The number of aromatic amines is 1. The second-order valence-electron chi connectivity index (χ2n) is 6.14. The van der Waals surface area contributed by atoms with Crippen molar-refractivity contribution in [1.29, 1.82) is 0 Å². The van der Waals surface area contributed by atoms with Gasteiger partial charge < -0.3 is 4.90 Å². The van der Waals surface area contributed by atoms with E-state index in [-0.39, 0.29) is 17.5 Å². The lowest BCUT2D eigenvalue weighted by atomic mass is 9.95. The second-order valence-corrected chi connectivity index (χ2v) is 6.14. The van der Waals surface area contributed by atoms with Gasteiger partial charge in [-0.15, -0.1) is 0 Å². The molecule has 0 unspecified atom stereocenters. The van der Waals surface area contributed by atoms with E-state index >= 15 is 0 Å². The largest absolute Gasteiger partial charge is 0.343 e. The summed E-state index contributed by atoms with van der Waals surface area (Å²) in [6.45, 7) is 6.71. The molecule has 0 radical (unpaired) electrons. The van der Waals surface area contributed by atoms with E-state index in [0.29, 0.717) is 25.3 Å². The maximum Gasteiger partial charge on any atom is 0.343 e. The number of hydrogen-bond acceptors (Lipinski definition) is 4. The maximum absolute atomic E-state index is 12.7. The monoisotopic (exact) mass is 332 g/mol. The molecule has 8 heteroatoms. The third-order valence-electron chi connectivity index (χ3n) is 4.62. The van der Waals surface area contributed by atoms with E-state index in [1.807, 2.05) is 11.8 Å². The van der Waals surface area contributed by atoms with Crippen molar-refractivity contribution >= 4 is 5.91 Å². The van der Waals surface area contributed by atoms with Crippen LogP contribution in [-0.2, 0) is 13.1 Å². The molecular formula is C16H24N6O2. The van der Waals surface area contributed by atoms with Gasteiger partial charge in [0, 0.05) is 38.3 Å². The molecule has 3 rings (SSSR count). The highest BCUT2D eigenvalue weighted by molar-refractivity contribution is 5.92. The van der Waals surface area contributed by atoms with Gasteiger partial charge in [-0.05, 0) is 32.3 Å². The Kier molecular flexibility index (Phi) is 4.82. The molecule has 24 heavy (non-hydrogen) atoms. The summed E-state index contributed by atoms with van der Waals surface area (Å²) in [7, 11) is 0. The van der Waals surface area contributed by atoms with E-state index in [1.54, 1.807) is 21.5 Å². The van der Waals surface area contributed by atoms with Crippen LogP contribution in [0.25, 0.3) is 0 Å². The zero-order valence-electron chi connectivity index (χ0n) is 14.2. The van der Waals surface area contributed by atoms with E-state index < -0.39 is 0 Å². The van der Waals surface area contributed by atoms with E-state index in [4.69, 9.17) is 0 Å². The van der Waals surface area contributed by atoms with E-state index in [0.717, 1.165) is 31.6 Å². The van der Waals surface area contributed by atoms with Crippen LogP contribution in [0.15, 0.2) is 17.1 Å². The van der Waals surface area contributed by atoms with Crippen molar-refractivity contribution in [3.8, 4) is 0 Å². The van der Waals surface area contributed by atoms with Crippen molar-refractivity contribution in [2.75, 3.05) is 13.1 Å². The highest BCUT2D eigenvalue weighted by Crippen LogP contribution is 2.26. The van der Waals surface area contributed by atoms with Gasteiger partial charge >= 0.3 is 5.69 Å². The first-order valence-corrected chi connectivity index (χ1v) is 8.61. The number of aromatic nitrogens is 5. The summed E-state index contributed by atoms with van der Waals surface area (Å²) in [6.07, 6.45) is 4.26. The summed E-state index contributed by atoms with van der Waals surface area (Å²) < 4.78 is 3.45. The lowest BCUT2D eigenvalue weighted by Gasteiger charge is -2.31. The number of carbonyl (C=O) groups excluding carboxylic acids is 1. The summed E-state index contributed by atoms with van der Waals surface area (Å²) in [6, 6.07) is 1.78. The highest BCUT2D eigenvalue weighted by Gasteiger charge is 2.28. The first-order valence-electron chi connectivity index (χ1n) is 8.61. The molecule has 2 aromatic heterocycles. The fourth-order valence-electron chi connectivity index (χ4n) is 3.35. The summed E-state index contributed by atoms with van der Waals surface area (Å²) >= 11 is 0. The van der Waals surface area contributed by atoms with Crippen molar-refractivity contribution in [3.05, 3.63) is 34.3 Å². The fraction of sp³-hybridized carbons (Fsp3) is 0.625. The molecule has 1 aliphatic rings. The van der Waals surface area contributed by atoms with Gasteiger partial charge in [0.15, 0.2) is 0 Å². The Bertz CT molecular complexity index is 751. The normalized spacial score (nSPS) is 15.8. The number of nitrogens with one attached hydrogen (secondary N) is 1. The van der Waals surface area contributed by atoms with Crippen LogP contribution in [-0.4, -0.2) is 48.4 Å². The van der Waals surface area contributed by atoms with Gasteiger partial charge in [-0.1, -0.05) is 6.92 Å². The molecule has 0 atom stereocenters. The van der Waals surface area contributed by atoms with Crippen molar-refractivity contribution in [1.82, 2.24) is 29.4 Å². The van der Waals surface area contributed by atoms with E-state index in [9.17, 15) is 9.59 Å². The van der Waals surface area contributed by atoms with Crippen molar-refractivity contribution in [3.63, 3.8) is 0 Å². The lowest BCUT2D eigenvalue weighted by molar-refractivity contribution is 0.0697. The molecule has 2 aromatic rings. The average molecular weight is 332 g/mol. The van der Waals surface area contributed by atoms with Crippen molar-refractivity contribution in [2.45, 2.75) is 52.1 Å². The number of H-pyrrole nitrogens is 1. The Morgan fingerprint density at radius 1 is 1.33 bits per heavy atom. The van der Waals surface area contributed by atoms with Gasteiger partial charge in [0.1, 0.15) is 11.5 Å². The molecule has 1 amide bonds. The Balaban J connectivity index is 1.67. The molecule has 3 heterocycles. The smallest absolute Gasteiger partial charge is 0.337 e. The molecule has 1 fully saturated rings. The molecule has 1 N–H and O–H groups in total. The molecule has 0 aromatic carbocycles. The molecule has 8 nitrogen and oxygen atoms in total. The van der Waals surface area contributed by atoms with Crippen LogP contribution >= 0.6 is 0 Å². The van der Waals surface area contributed by atoms with Crippen LogP contribution in [0.3, 0.4) is 0 Å². The fourth-order valence-corrected chi connectivity index (χ4v) is 3.35. The Morgan fingerprint density at radius 2 is 2.08 bits per heavy atom. The molecule has 1 saturated heterocycles. The minimum Gasteiger partial charge on any atom is -0.337 e. The Morgan fingerprint density at radius 3 is 2.75 bits per heavy atom. The Labute approximate surface area is 140 Å². The third kappa shape index (κ3) is 3.00. The van der Waals surface area contributed by atoms with Crippen LogP contribution < -0.4 is 5.69 Å². The first-order chi connectivity index (χ1) is 11.7. The van der Waals surface area contributed by atoms with Crippen LogP contribution in [0, 0.1) is 0 Å². The van der Waals surface area contributed by atoms with Gasteiger partial charge in [0.25, 0.3) is 5.91 Å². The van der Waals surface area contributed by atoms with Crippen LogP contribution in [0.2, 0.25) is 0 Å². The summed E-state index contributed by atoms with van der Waals surface area (Å²) in [5, 5.41) is 10.9. The number of rotatable bonds is 5. The maximum atomic E-state index is 12.7. The zero-order valence-corrected chi connectivity index (χ0v) is 14.2. The van der Waals surface area contributed by atoms with E-state index in [1.165, 1.54) is 0 Å². The molecule has 0 spiro atoms. The highest BCUT2D eigenvalue weighted by atomic mass is 16.2. The van der Waals surface area contributed by atoms with Gasteiger partial charge in [0.2, 0.25) is 0 Å². The molecule has 0 aliphatic carbocycles. The van der Waals surface area contributed by atoms with Gasteiger partial charge in [0.05, 0.1) is 0 Å². The zero-order chi connectivity index (χ0) is 17.1. The standard InChI is InChI=1S/C16H24N6O2/c1-3-9-22-13(5-8-17-22)15(23)20-10-6-12(7-11-20)14-18-19-16(24)21(14)4-2/h5,8,12H,3-4,6-7,9-11H2,1-2H3,(H,19,24). The molecule has 1 aliphatic heterocycles. The predicted molar refractivity (Wildman–Crippen MR) is 88.9 cm³/mol. The lowest BCUT2D eigenvalue weighted by Crippen LogP contribution is -2.39. The number of hydrogen-bond donors (Lipinski definition) is 1. The quantitative estimate of drug-likeness (QED) is 0.891. The van der Waals surface area contributed by atoms with E-state index in [2.05, 4.69) is 22.2 Å².